The van der Waals surface area contributed by atoms with Crippen molar-refractivity contribution in [1.29, 1.82) is 0 Å². The van der Waals surface area contributed by atoms with E-state index in [2.05, 4.69) is 15.0 Å². The molecular weight excluding hydrogens is 466 g/mol. The number of rotatable bonds is 6. The van der Waals surface area contributed by atoms with Gasteiger partial charge in [0.05, 0.1) is 16.9 Å². The van der Waals surface area contributed by atoms with Gasteiger partial charge in [-0.1, -0.05) is 12.1 Å². The molecular formula is C27H26F2N4O3. The third-order valence-corrected chi connectivity index (χ3v) is 5.76. The van der Waals surface area contributed by atoms with Crippen molar-refractivity contribution in [3.8, 4) is 22.8 Å². The van der Waals surface area contributed by atoms with Crippen molar-refractivity contribution >= 4 is 0 Å². The molecule has 2 aromatic heterocycles. The lowest BCUT2D eigenvalue weighted by atomic mass is 10.1. The molecule has 0 saturated carbocycles. The van der Waals surface area contributed by atoms with Crippen molar-refractivity contribution in [2.75, 3.05) is 0 Å². The molecule has 0 radical (unpaired) electrons. The van der Waals surface area contributed by atoms with Gasteiger partial charge in [0.2, 0.25) is 5.88 Å². The molecule has 0 aliphatic rings. The van der Waals surface area contributed by atoms with Gasteiger partial charge < -0.3 is 9.84 Å². The predicted octanol–water partition coefficient (Wildman–Crippen LogP) is 4.70. The summed E-state index contributed by atoms with van der Waals surface area (Å²) in [5.41, 5.74) is 1.65. The summed E-state index contributed by atoms with van der Waals surface area (Å²) in [4.78, 5) is 26.5. The van der Waals surface area contributed by atoms with E-state index in [9.17, 15) is 18.7 Å². The quantitative estimate of drug-likeness (QED) is 0.420. The molecule has 186 valence electrons. The molecule has 0 saturated heterocycles. The van der Waals surface area contributed by atoms with Crippen molar-refractivity contribution in [1.82, 2.24) is 19.5 Å². The number of hydrogen-bond acceptors (Lipinski definition) is 6. The molecule has 2 heterocycles. The van der Waals surface area contributed by atoms with Gasteiger partial charge in [0.25, 0.3) is 5.56 Å². The zero-order chi connectivity index (χ0) is 26.2. The van der Waals surface area contributed by atoms with E-state index in [1.165, 1.54) is 10.6 Å². The van der Waals surface area contributed by atoms with Gasteiger partial charge in [0.15, 0.2) is 5.82 Å². The van der Waals surface area contributed by atoms with Crippen LogP contribution in [0.1, 0.15) is 42.2 Å². The first-order valence-electron chi connectivity index (χ1n) is 11.3. The smallest absolute Gasteiger partial charge is 0.264 e. The van der Waals surface area contributed by atoms with Gasteiger partial charge in [-0.05, 0) is 64.4 Å². The zero-order valence-corrected chi connectivity index (χ0v) is 20.6. The molecule has 7 nitrogen and oxygen atoms in total. The second-order valence-electron chi connectivity index (χ2n) is 9.08. The Labute approximate surface area is 207 Å². The average Bonchev–Trinajstić information content (AvgIpc) is 2.82. The Morgan fingerprint density at radius 3 is 2.47 bits per heavy atom. The number of hydrogen-bond donors (Lipinski definition) is 1. The standard InChI is InChI=1S/C27H26F2N4O3/c1-15-6-7-18(22-10-11-30-26(32-22)27(4,5)35)12-23(15)33-17(3)31-24(16(2)25(33)34)36-14-19-8-9-20(28)13-21(19)29/h6-13,35H,14H2,1-5H3. The number of ether oxygens (including phenoxy) is 1. The Morgan fingerprint density at radius 1 is 1.03 bits per heavy atom. The van der Waals surface area contributed by atoms with Crippen molar-refractivity contribution in [2.45, 2.75) is 46.8 Å². The van der Waals surface area contributed by atoms with E-state index in [-0.39, 0.29) is 35.0 Å². The summed E-state index contributed by atoms with van der Waals surface area (Å²) in [5, 5.41) is 10.3. The Kier molecular flexibility index (Phi) is 6.69. The molecule has 4 aromatic rings. The second kappa shape index (κ2) is 9.58. The normalized spacial score (nSPS) is 11.6. The first kappa shape index (κ1) is 25.1. The first-order valence-corrected chi connectivity index (χ1v) is 11.3. The monoisotopic (exact) mass is 492 g/mol. The van der Waals surface area contributed by atoms with Gasteiger partial charge in [0.1, 0.15) is 29.7 Å². The van der Waals surface area contributed by atoms with Crippen LogP contribution >= 0.6 is 0 Å². The highest BCUT2D eigenvalue weighted by Crippen LogP contribution is 2.26. The van der Waals surface area contributed by atoms with Crippen LogP contribution in [0, 0.1) is 32.4 Å². The third-order valence-electron chi connectivity index (χ3n) is 5.76. The lowest BCUT2D eigenvalue weighted by Gasteiger charge is -2.18. The largest absolute Gasteiger partial charge is 0.472 e. The molecule has 0 fully saturated rings. The van der Waals surface area contributed by atoms with E-state index in [0.29, 0.717) is 17.2 Å². The minimum atomic E-state index is -1.20. The summed E-state index contributed by atoms with van der Waals surface area (Å²) in [7, 11) is 0. The number of aryl methyl sites for hydroxylation is 2. The minimum absolute atomic E-state index is 0.0805. The van der Waals surface area contributed by atoms with E-state index < -0.39 is 17.2 Å². The highest BCUT2D eigenvalue weighted by molar-refractivity contribution is 5.64. The molecule has 36 heavy (non-hydrogen) atoms. The lowest BCUT2D eigenvalue weighted by Crippen LogP contribution is -2.26. The first-order chi connectivity index (χ1) is 17.0. The molecule has 0 spiro atoms. The Hall–Kier alpha value is -3.98. The van der Waals surface area contributed by atoms with Gasteiger partial charge in [0, 0.05) is 23.4 Å². The van der Waals surface area contributed by atoms with Crippen LogP contribution < -0.4 is 10.3 Å². The Balaban J connectivity index is 1.72. The highest BCUT2D eigenvalue weighted by Gasteiger charge is 2.21. The molecule has 2 aromatic carbocycles. The van der Waals surface area contributed by atoms with Crippen molar-refractivity contribution in [2.24, 2.45) is 0 Å². The van der Waals surface area contributed by atoms with Crippen molar-refractivity contribution in [3.05, 3.63) is 99.0 Å². The van der Waals surface area contributed by atoms with Crippen LogP contribution in [0.4, 0.5) is 8.78 Å². The average molecular weight is 493 g/mol. The maximum absolute atomic E-state index is 14.0. The van der Waals surface area contributed by atoms with Crippen LogP contribution in [-0.2, 0) is 12.2 Å². The Bertz CT molecular complexity index is 1510. The second-order valence-corrected chi connectivity index (χ2v) is 9.08. The van der Waals surface area contributed by atoms with Gasteiger partial charge in [-0.25, -0.2) is 18.7 Å². The van der Waals surface area contributed by atoms with E-state index in [1.54, 1.807) is 40.0 Å². The summed E-state index contributed by atoms with van der Waals surface area (Å²) in [6, 6.07) is 10.5. The topological polar surface area (TPSA) is 90.1 Å². The molecule has 0 aliphatic carbocycles. The molecule has 4 rings (SSSR count). The fourth-order valence-corrected chi connectivity index (χ4v) is 3.72. The third kappa shape index (κ3) is 5.01. The van der Waals surface area contributed by atoms with Crippen LogP contribution in [0.25, 0.3) is 16.9 Å². The number of aliphatic hydroxyl groups is 1. The van der Waals surface area contributed by atoms with Crippen LogP contribution in [0.5, 0.6) is 5.88 Å². The number of aromatic nitrogens is 4. The molecule has 1 N–H and O–H groups in total. The summed E-state index contributed by atoms with van der Waals surface area (Å²) >= 11 is 0. The number of benzene rings is 2. The SMILES string of the molecule is Cc1ccc(-c2ccnc(C(C)(C)O)n2)cc1-n1c(C)nc(OCc2ccc(F)cc2F)c(C)c1=O. The van der Waals surface area contributed by atoms with E-state index in [0.717, 1.165) is 23.3 Å². The number of halogens is 2. The van der Waals surface area contributed by atoms with Crippen LogP contribution in [0.15, 0.2) is 53.5 Å². The number of nitrogens with zero attached hydrogens (tertiary/aromatic N) is 4. The molecule has 9 heteroatoms. The van der Waals surface area contributed by atoms with E-state index in [4.69, 9.17) is 4.74 Å². The molecule has 0 amide bonds. The van der Waals surface area contributed by atoms with Gasteiger partial charge in [-0.2, -0.15) is 4.98 Å². The van der Waals surface area contributed by atoms with Crippen molar-refractivity contribution < 1.29 is 18.6 Å². The summed E-state index contributed by atoms with van der Waals surface area (Å²) in [6.45, 7) is 8.16. The molecule has 0 unspecified atom stereocenters. The summed E-state index contributed by atoms with van der Waals surface area (Å²) in [5.74, 6) is -0.674. The maximum Gasteiger partial charge on any atom is 0.264 e. The molecule has 0 aliphatic heterocycles. The molecule has 0 bridgehead atoms. The molecule has 0 atom stereocenters. The highest BCUT2D eigenvalue weighted by atomic mass is 19.1. The van der Waals surface area contributed by atoms with Gasteiger partial charge in [-0.15, -0.1) is 0 Å². The van der Waals surface area contributed by atoms with Gasteiger partial charge >= 0.3 is 0 Å². The van der Waals surface area contributed by atoms with E-state index >= 15 is 0 Å². The zero-order valence-electron chi connectivity index (χ0n) is 20.6. The van der Waals surface area contributed by atoms with Gasteiger partial charge in [-0.3, -0.25) is 9.36 Å². The fraction of sp³-hybridized carbons (Fsp3) is 0.259. The summed E-state index contributed by atoms with van der Waals surface area (Å²) in [6.07, 6.45) is 1.58. The van der Waals surface area contributed by atoms with E-state index in [1.807, 2.05) is 25.1 Å². The Morgan fingerprint density at radius 2 is 1.78 bits per heavy atom. The van der Waals surface area contributed by atoms with Crippen LogP contribution in [-0.4, -0.2) is 24.6 Å². The summed E-state index contributed by atoms with van der Waals surface area (Å²) < 4.78 is 34.3. The predicted molar refractivity (Wildman–Crippen MR) is 131 cm³/mol. The lowest BCUT2D eigenvalue weighted by molar-refractivity contribution is 0.0688. The fourth-order valence-electron chi connectivity index (χ4n) is 3.72. The van der Waals surface area contributed by atoms with Crippen molar-refractivity contribution in [3.63, 3.8) is 0 Å². The van der Waals surface area contributed by atoms with Crippen LogP contribution in [0.3, 0.4) is 0 Å². The van der Waals surface area contributed by atoms with Crippen LogP contribution in [0.2, 0.25) is 0 Å². The minimum Gasteiger partial charge on any atom is -0.472 e. The maximum atomic E-state index is 14.0.